The minimum absolute atomic E-state index is 0.140. The molecule has 1 aromatic rings. The molecule has 2 heterocycles. The smallest absolute Gasteiger partial charge is 0.194 e. The van der Waals surface area contributed by atoms with Gasteiger partial charge in [0.15, 0.2) is 5.96 Å². The molecule has 2 rings (SSSR count). The molecule has 1 fully saturated rings. The Balaban J connectivity index is 2.02. The van der Waals surface area contributed by atoms with Gasteiger partial charge in [-0.05, 0) is 34.1 Å². The largest absolute Gasteiger partial charge is 0.356 e. The van der Waals surface area contributed by atoms with E-state index in [2.05, 4.69) is 58.7 Å². The highest BCUT2D eigenvalue weighted by atomic mass is 32.1. The summed E-state index contributed by atoms with van der Waals surface area (Å²) in [7, 11) is 0. The number of nitrogens with zero attached hydrogens (tertiary/aromatic N) is 3. The van der Waals surface area contributed by atoms with Gasteiger partial charge in [0.1, 0.15) is 0 Å². The van der Waals surface area contributed by atoms with Gasteiger partial charge >= 0.3 is 0 Å². The van der Waals surface area contributed by atoms with E-state index in [1.807, 2.05) is 11.3 Å². The first-order chi connectivity index (χ1) is 10.7. The Kier molecular flexibility index (Phi) is 5.39. The summed E-state index contributed by atoms with van der Waals surface area (Å²) >= 11 is 1.82. The summed E-state index contributed by atoms with van der Waals surface area (Å²) in [5, 5.41) is 4.66. The van der Waals surface area contributed by atoms with Crippen molar-refractivity contribution in [3.63, 3.8) is 0 Å². The van der Waals surface area contributed by atoms with Crippen molar-refractivity contribution in [3.05, 3.63) is 15.6 Å². The normalized spacial score (nSPS) is 19.6. The van der Waals surface area contributed by atoms with Crippen LogP contribution in [0.5, 0.6) is 0 Å². The van der Waals surface area contributed by atoms with Gasteiger partial charge in [0, 0.05) is 41.9 Å². The molecule has 23 heavy (non-hydrogen) atoms. The second-order valence-electron chi connectivity index (χ2n) is 7.48. The summed E-state index contributed by atoms with van der Waals surface area (Å²) in [5.74, 6) is 1.04. The predicted molar refractivity (Wildman–Crippen MR) is 100 cm³/mol. The van der Waals surface area contributed by atoms with E-state index in [0.717, 1.165) is 38.4 Å². The summed E-state index contributed by atoms with van der Waals surface area (Å²) in [5.41, 5.74) is 1.71. The summed E-state index contributed by atoms with van der Waals surface area (Å²) < 4.78 is 0. The van der Waals surface area contributed by atoms with Crippen molar-refractivity contribution in [1.82, 2.24) is 15.2 Å². The predicted octanol–water partition coefficient (Wildman–Crippen LogP) is 3.64. The molecule has 0 radical (unpaired) electrons. The molecule has 1 aromatic heterocycles. The number of hydrogen-bond donors (Lipinski definition) is 1. The fourth-order valence-corrected chi connectivity index (χ4v) is 3.99. The number of aliphatic imine (C=N–C) groups is 1. The number of hydrogen-bond acceptors (Lipinski definition) is 3. The Hall–Kier alpha value is -1.10. The van der Waals surface area contributed by atoms with E-state index in [-0.39, 0.29) is 5.54 Å². The van der Waals surface area contributed by atoms with Crippen LogP contribution in [-0.2, 0) is 12.8 Å². The number of thiazole rings is 1. The number of nitrogens with one attached hydrogen (secondary N) is 1. The van der Waals surface area contributed by atoms with Crippen molar-refractivity contribution in [1.29, 1.82) is 0 Å². The molecule has 130 valence electrons. The molecular formula is C18H32N4S. The lowest BCUT2D eigenvalue weighted by molar-refractivity contribution is -0.0667. The van der Waals surface area contributed by atoms with Gasteiger partial charge in [-0.25, -0.2) is 4.98 Å². The van der Waals surface area contributed by atoms with Crippen LogP contribution in [0.25, 0.3) is 0 Å². The molecular weight excluding hydrogens is 304 g/mol. The maximum Gasteiger partial charge on any atom is 0.194 e. The number of guanidine groups is 1. The van der Waals surface area contributed by atoms with Crippen LogP contribution < -0.4 is 5.32 Å². The van der Waals surface area contributed by atoms with Crippen molar-refractivity contribution in [2.75, 3.05) is 19.6 Å². The van der Waals surface area contributed by atoms with Crippen LogP contribution in [0, 0.1) is 12.3 Å². The zero-order chi connectivity index (χ0) is 17.3. The van der Waals surface area contributed by atoms with E-state index < -0.39 is 0 Å². The van der Waals surface area contributed by atoms with Crippen LogP contribution in [0.15, 0.2) is 4.99 Å². The van der Waals surface area contributed by atoms with Crippen LogP contribution in [0.3, 0.4) is 0 Å². The Bertz CT molecular complexity index is 572. The lowest BCUT2D eigenvalue weighted by atomic mass is 9.65. The molecule has 1 saturated heterocycles. The van der Waals surface area contributed by atoms with E-state index in [9.17, 15) is 0 Å². The maximum absolute atomic E-state index is 4.85. The number of rotatable bonds is 5. The lowest BCUT2D eigenvalue weighted by Crippen LogP contribution is -2.72. The second-order valence-corrected chi connectivity index (χ2v) is 8.77. The molecule has 1 aliphatic rings. The van der Waals surface area contributed by atoms with E-state index in [1.165, 1.54) is 15.6 Å². The molecule has 0 bridgehead atoms. The van der Waals surface area contributed by atoms with Crippen molar-refractivity contribution < 1.29 is 0 Å². The standard InChI is InChI=1S/C18H32N4S/c1-8-14-13(3)23-15(21-14)10-11-20-16(19-9-2)22-12-17(4,5)18(22,6)7/h8-12H2,1-7H3,(H,19,20). The molecule has 0 unspecified atom stereocenters. The molecule has 5 heteroatoms. The van der Waals surface area contributed by atoms with Crippen LogP contribution in [0.2, 0.25) is 0 Å². The van der Waals surface area contributed by atoms with Gasteiger partial charge in [-0.3, -0.25) is 4.99 Å². The molecule has 0 spiro atoms. The highest BCUT2D eigenvalue weighted by Gasteiger charge is 2.53. The molecule has 4 nitrogen and oxygen atoms in total. The van der Waals surface area contributed by atoms with E-state index >= 15 is 0 Å². The van der Waals surface area contributed by atoms with Gasteiger partial charge < -0.3 is 10.2 Å². The molecule has 0 atom stereocenters. The Morgan fingerprint density at radius 3 is 2.48 bits per heavy atom. The van der Waals surface area contributed by atoms with Gasteiger partial charge in [-0.1, -0.05) is 20.8 Å². The van der Waals surface area contributed by atoms with Gasteiger partial charge in [-0.15, -0.1) is 11.3 Å². The topological polar surface area (TPSA) is 40.5 Å². The number of aryl methyl sites for hydroxylation is 2. The maximum atomic E-state index is 4.85. The van der Waals surface area contributed by atoms with Crippen LogP contribution in [-0.4, -0.2) is 41.0 Å². The highest BCUT2D eigenvalue weighted by molar-refractivity contribution is 7.11. The van der Waals surface area contributed by atoms with E-state index in [1.54, 1.807) is 0 Å². The Labute approximate surface area is 145 Å². The molecule has 0 aromatic carbocycles. The Morgan fingerprint density at radius 2 is 2.00 bits per heavy atom. The van der Waals surface area contributed by atoms with Gasteiger partial charge in [0.2, 0.25) is 0 Å². The summed E-state index contributed by atoms with van der Waals surface area (Å²) in [4.78, 5) is 13.3. The zero-order valence-electron chi connectivity index (χ0n) is 15.8. The molecule has 1 N–H and O–H groups in total. The summed E-state index contributed by atoms with van der Waals surface area (Å²) in [6.45, 7) is 18.5. The molecule has 0 saturated carbocycles. The quantitative estimate of drug-likeness (QED) is 0.659. The fourth-order valence-electron chi connectivity index (χ4n) is 2.98. The minimum atomic E-state index is 0.140. The molecule has 0 amide bonds. The highest BCUT2D eigenvalue weighted by Crippen LogP contribution is 2.46. The average molecular weight is 337 g/mol. The van der Waals surface area contributed by atoms with Crippen molar-refractivity contribution >= 4 is 17.3 Å². The van der Waals surface area contributed by atoms with Gasteiger partial charge in [0.25, 0.3) is 0 Å². The first-order valence-corrected chi connectivity index (χ1v) is 9.55. The van der Waals surface area contributed by atoms with Gasteiger partial charge in [0.05, 0.1) is 10.7 Å². The van der Waals surface area contributed by atoms with Crippen molar-refractivity contribution in [2.24, 2.45) is 10.4 Å². The molecule has 0 aliphatic carbocycles. The average Bonchev–Trinajstić information content (AvgIpc) is 2.84. The first kappa shape index (κ1) is 18.2. The minimum Gasteiger partial charge on any atom is -0.356 e. The van der Waals surface area contributed by atoms with Crippen LogP contribution in [0.4, 0.5) is 0 Å². The fraction of sp³-hybridized carbons (Fsp3) is 0.778. The Morgan fingerprint density at radius 1 is 1.30 bits per heavy atom. The third kappa shape index (κ3) is 3.54. The third-order valence-electron chi connectivity index (χ3n) is 5.33. The van der Waals surface area contributed by atoms with E-state index in [4.69, 9.17) is 9.98 Å². The van der Waals surface area contributed by atoms with Crippen LogP contribution >= 0.6 is 11.3 Å². The summed E-state index contributed by atoms with van der Waals surface area (Å²) in [6.07, 6.45) is 1.95. The SMILES string of the molecule is CCNC(=NCCc1nc(CC)c(C)s1)N1CC(C)(C)C1(C)C. The zero-order valence-corrected chi connectivity index (χ0v) is 16.6. The second kappa shape index (κ2) is 6.80. The number of likely N-dealkylation sites (tertiary alicyclic amines) is 1. The van der Waals surface area contributed by atoms with Crippen molar-refractivity contribution in [3.8, 4) is 0 Å². The molecule has 1 aliphatic heterocycles. The first-order valence-electron chi connectivity index (χ1n) is 8.74. The van der Waals surface area contributed by atoms with Gasteiger partial charge in [-0.2, -0.15) is 0 Å². The van der Waals surface area contributed by atoms with Crippen LogP contribution in [0.1, 0.15) is 57.1 Å². The third-order valence-corrected chi connectivity index (χ3v) is 6.41. The number of aromatic nitrogens is 1. The summed E-state index contributed by atoms with van der Waals surface area (Å²) in [6, 6.07) is 0. The van der Waals surface area contributed by atoms with E-state index in [0.29, 0.717) is 5.41 Å². The monoisotopic (exact) mass is 336 g/mol. The lowest BCUT2D eigenvalue weighted by Gasteiger charge is -2.62. The van der Waals surface area contributed by atoms with Crippen molar-refractivity contribution in [2.45, 2.75) is 66.8 Å².